The lowest BCUT2D eigenvalue weighted by atomic mass is 9.89. The first-order valence-corrected chi connectivity index (χ1v) is 6.71. The molecule has 2 saturated heterocycles. The van der Waals surface area contributed by atoms with E-state index in [9.17, 15) is 9.90 Å². The van der Waals surface area contributed by atoms with Gasteiger partial charge in [0.2, 0.25) is 0 Å². The molecule has 1 N–H and O–H groups in total. The van der Waals surface area contributed by atoms with Crippen LogP contribution in [0.5, 0.6) is 0 Å². The van der Waals surface area contributed by atoms with Crippen molar-refractivity contribution in [2.45, 2.75) is 50.2 Å². The van der Waals surface area contributed by atoms with Gasteiger partial charge >= 0.3 is 5.97 Å². The molecule has 4 atom stereocenters. The first-order valence-electron chi connectivity index (χ1n) is 6.71. The van der Waals surface area contributed by atoms with E-state index in [-0.39, 0.29) is 12.0 Å². The van der Waals surface area contributed by atoms with Crippen molar-refractivity contribution in [3.8, 4) is 0 Å². The molecule has 3 rings (SSSR count). The van der Waals surface area contributed by atoms with Crippen LogP contribution < -0.4 is 0 Å². The summed E-state index contributed by atoms with van der Waals surface area (Å²) in [4.78, 5) is 13.7. The van der Waals surface area contributed by atoms with E-state index in [4.69, 9.17) is 4.74 Å². The minimum atomic E-state index is -0.603. The summed E-state index contributed by atoms with van der Waals surface area (Å²) in [6.07, 6.45) is 5.69. The zero-order valence-electron chi connectivity index (χ0n) is 10.3. The van der Waals surface area contributed by atoms with Gasteiger partial charge in [-0.15, -0.1) is 0 Å². The predicted octanol–water partition coefficient (Wildman–Crippen LogP) is 1.35. The standard InChI is InChI=1S/C13H21NO3/c1-17-7-12(8-2-3-8)14-9-4-5-11(14)10(6-9)13(15)16/h8-12H,2-7H2,1H3,(H,15,16). The Bertz CT molecular complexity index is 316. The molecule has 0 spiro atoms. The van der Waals surface area contributed by atoms with Gasteiger partial charge in [-0.3, -0.25) is 9.69 Å². The first kappa shape index (κ1) is 11.5. The van der Waals surface area contributed by atoms with Crippen molar-refractivity contribution in [2.75, 3.05) is 13.7 Å². The molecule has 4 unspecified atom stereocenters. The summed E-state index contributed by atoms with van der Waals surface area (Å²) in [6.45, 7) is 0.768. The molecular weight excluding hydrogens is 218 g/mol. The number of carbonyl (C=O) groups is 1. The van der Waals surface area contributed by atoms with Crippen molar-refractivity contribution in [2.24, 2.45) is 11.8 Å². The van der Waals surface area contributed by atoms with Crippen molar-refractivity contribution in [1.82, 2.24) is 4.90 Å². The Morgan fingerprint density at radius 1 is 1.41 bits per heavy atom. The van der Waals surface area contributed by atoms with Crippen LogP contribution in [0.1, 0.15) is 32.1 Å². The second-order valence-corrected chi connectivity index (χ2v) is 5.79. The molecule has 4 heteroatoms. The number of nitrogens with zero attached hydrogens (tertiary/aromatic N) is 1. The van der Waals surface area contributed by atoms with E-state index >= 15 is 0 Å². The zero-order valence-corrected chi connectivity index (χ0v) is 10.3. The monoisotopic (exact) mass is 239 g/mol. The van der Waals surface area contributed by atoms with Crippen LogP contribution in [0.2, 0.25) is 0 Å². The van der Waals surface area contributed by atoms with E-state index in [1.165, 1.54) is 19.3 Å². The number of carboxylic acid groups (broad SMARTS) is 1. The maximum Gasteiger partial charge on any atom is 0.308 e. The molecule has 3 fully saturated rings. The van der Waals surface area contributed by atoms with E-state index < -0.39 is 5.97 Å². The Labute approximate surface area is 102 Å². The molecule has 2 heterocycles. The maximum atomic E-state index is 11.2. The Morgan fingerprint density at radius 2 is 2.18 bits per heavy atom. The van der Waals surface area contributed by atoms with E-state index in [2.05, 4.69) is 4.90 Å². The summed E-state index contributed by atoms with van der Waals surface area (Å²) < 4.78 is 5.35. The number of aliphatic carboxylic acids is 1. The lowest BCUT2D eigenvalue weighted by molar-refractivity contribution is -0.142. The van der Waals surface area contributed by atoms with E-state index in [0.29, 0.717) is 12.1 Å². The molecule has 4 nitrogen and oxygen atoms in total. The number of fused-ring (bicyclic) bond motifs is 2. The quantitative estimate of drug-likeness (QED) is 0.786. The maximum absolute atomic E-state index is 11.2. The Morgan fingerprint density at radius 3 is 2.71 bits per heavy atom. The fourth-order valence-electron chi connectivity index (χ4n) is 3.93. The molecule has 1 saturated carbocycles. The summed E-state index contributed by atoms with van der Waals surface area (Å²) in [5.41, 5.74) is 0. The smallest absolute Gasteiger partial charge is 0.308 e. The molecule has 0 radical (unpaired) electrons. The number of hydrogen-bond donors (Lipinski definition) is 1. The minimum absolute atomic E-state index is 0.133. The van der Waals surface area contributed by atoms with Gasteiger partial charge in [-0.1, -0.05) is 0 Å². The highest BCUT2D eigenvalue weighted by Crippen LogP contribution is 2.47. The molecule has 2 aliphatic heterocycles. The van der Waals surface area contributed by atoms with E-state index in [1.54, 1.807) is 7.11 Å². The van der Waals surface area contributed by atoms with Crippen LogP contribution in [0.15, 0.2) is 0 Å². The average molecular weight is 239 g/mol. The third-order valence-electron chi connectivity index (χ3n) is 4.79. The van der Waals surface area contributed by atoms with E-state index in [0.717, 1.165) is 25.4 Å². The van der Waals surface area contributed by atoms with Gasteiger partial charge in [-0.05, 0) is 38.0 Å². The summed E-state index contributed by atoms with van der Waals surface area (Å²) in [6, 6.07) is 1.25. The number of ether oxygens (including phenoxy) is 1. The molecule has 17 heavy (non-hydrogen) atoms. The van der Waals surface area contributed by atoms with E-state index in [1.807, 2.05) is 0 Å². The van der Waals surface area contributed by atoms with Crippen molar-refractivity contribution in [3.05, 3.63) is 0 Å². The highest BCUT2D eigenvalue weighted by atomic mass is 16.5. The molecule has 0 amide bonds. The lowest BCUT2D eigenvalue weighted by Crippen LogP contribution is -2.44. The van der Waals surface area contributed by atoms with Crippen LogP contribution in [0.3, 0.4) is 0 Å². The SMILES string of the molecule is COCC(C1CC1)N1C2CCC1C(C(=O)O)C2. The Balaban J connectivity index is 1.76. The van der Waals surface area contributed by atoms with Crippen molar-refractivity contribution in [1.29, 1.82) is 0 Å². The Kier molecular flexibility index (Phi) is 2.87. The predicted molar refractivity (Wildman–Crippen MR) is 62.8 cm³/mol. The fourth-order valence-corrected chi connectivity index (χ4v) is 3.93. The average Bonchev–Trinajstić information content (AvgIpc) is 2.99. The van der Waals surface area contributed by atoms with Crippen LogP contribution in [-0.2, 0) is 9.53 Å². The lowest BCUT2D eigenvalue weighted by Gasteiger charge is -2.32. The van der Waals surface area contributed by atoms with Crippen LogP contribution in [0.25, 0.3) is 0 Å². The van der Waals surface area contributed by atoms with Crippen LogP contribution >= 0.6 is 0 Å². The summed E-state index contributed by atoms with van der Waals surface area (Å²) in [7, 11) is 1.75. The van der Waals surface area contributed by atoms with Gasteiger partial charge in [-0.2, -0.15) is 0 Å². The van der Waals surface area contributed by atoms with Crippen molar-refractivity contribution >= 4 is 5.97 Å². The van der Waals surface area contributed by atoms with Crippen molar-refractivity contribution < 1.29 is 14.6 Å². The molecule has 1 aliphatic carbocycles. The van der Waals surface area contributed by atoms with Gasteiger partial charge in [0.15, 0.2) is 0 Å². The first-order chi connectivity index (χ1) is 8.22. The van der Waals surface area contributed by atoms with Gasteiger partial charge in [0.25, 0.3) is 0 Å². The Hall–Kier alpha value is -0.610. The highest BCUT2D eigenvalue weighted by Gasteiger charge is 2.53. The molecule has 3 aliphatic rings. The van der Waals surface area contributed by atoms with Gasteiger partial charge in [0.1, 0.15) is 0 Å². The second kappa shape index (κ2) is 4.25. The second-order valence-electron chi connectivity index (χ2n) is 5.79. The van der Waals surface area contributed by atoms with Gasteiger partial charge in [0.05, 0.1) is 12.5 Å². The van der Waals surface area contributed by atoms with Crippen LogP contribution in [-0.4, -0.2) is 47.8 Å². The minimum Gasteiger partial charge on any atom is -0.481 e. The third-order valence-corrected chi connectivity index (χ3v) is 4.79. The molecule has 2 bridgehead atoms. The molecule has 0 aromatic carbocycles. The largest absolute Gasteiger partial charge is 0.481 e. The van der Waals surface area contributed by atoms with Gasteiger partial charge in [0, 0.05) is 25.2 Å². The zero-order chi connectivity index (χ0) is 12.0. The molecule has 0 aromatic rings. The summed E-state index contributed by atoms with van der Waals surface area (Å²) in [5.74, 6) is 0.0200. The summed E-state index contributed by atoms with van der Waals surface area (Å²) >= 11 is 0. The van der Waals surface area contributed by atoms with Crippen LogP contribution in [0, 0.1) is 11.8 Å². The number of hydrogen-bond acceptors (Lipinski definition) is 3. The molecule has 0 aromatic heterocycles. The fraction of sp³-hybridized carbons (Fsp3) is 0.923. The van der Waals surface area contributed by atoms with Gasteiger partial charge < -0.3 is 9.84 Å². The highest BCUT2D eigenvalue weighted by molar-refractivity contribution is 5.71. The molecular formula is C13H21NO3. The number of carboxylic acids is 1. The molecule has 96 valence electrons. The number of rotatable bonds is 5. The topological polar surface area (TPSA) is 49.8 Å². The summed E-state index contributed by atoms with van der Waals surface area (Å²) in [5, 5.41) is 9.26. The normalized spacial score (nSPS) is 38.5. The number of methoxy groups -OCH3 is 1. The van der Waals surface area contributed by atoms with Gasteiger partial charge in [-0.25, -0.2) is 0 Å². The van der Waals surface area contributed by atoms with Crippen LogP contribution in [0.4, 0.5) is 0 Å². The third kappa shape index (κ3) is 1.87. The van der Waals surface area contributed by atoms with Crippen molar-refractivity contribution in [3.63, 3.8) is 0 Å².